The van der Waals surface area contributed by atoms with Crippen LogP contribution in [0.3, 0.4) is 0 Å². The predicted octanol–water partition coefficient (Wildman–Crippen LogP) is 2.46. The third-order valence-electron chi connectivity index (χ3n) is 4.42. The number of hydrogen-bond acceptors (Lipinski definition) is 4. The number of carbonyl (C=O) groups is 3. The first-order valence-electron chi connectivity index (χ1n) is 9.71. The van der Waals surface area contributed by atoms with Crippen LogP contribution in [0.25, 0.3) is 0 Å². The molecule has 2 atom stereocenters. The number of carbonyl (C=O) groups excluding carboxylic acids is 3. The fourth-order valence-corrected chi connectivity index (χ4v) is 2.81. The zero-order valence-corrected chi connectivity index (χ0v) is 16.8. The van der Waals surface area contributed by atoms with Crippen molar-refractivity contribution < 1.29 is 19.1 Å². The van der Waals surface area contributed by atoms with E-state index in [9.17, 15) is 14.4 Å². The van der Waals surface area contributed by atoms with Gasteiger partial charge in [0.2, 0.25) is 11.8 Å². The number of hydrogen-bond donors (Lipinski definition) is 3. The van der Waals surface area contributed by atoms with Gasteiger partial charge in [0.25, 0.3) is 0 Å². The van der Waals surface area contributed by atoms with E-state index in [-0.39, 0.29) is 13.0 Å². The molecule has 0 radical (unpaired) electrons. The van der Waals surface area contributed by atoms with Crippen molar-refractivity contribution >= 4 is 17.9 Å². The Hall–Kier alpha value is -3.61. The molecule has 2 aromatic carbocycles. The number of benzene rings is 2. The van der Waals surface area contributed by atoms with Crippen LogP contribution in [0, 0.1) is 0 Å². The maximum Gasteiger partial charge on any atom is 0.408 e. The average Bonchev–Trinajstić information content (AvgIpc) is 2.76. The fraction of sp³-hybridized carbons (Fsp3) is 0.261. The number of amides is 3. The lowest BCUT2D eigenvalue weighted by atomic mass is 10.0. The van der Waals surface area contributed by atoms with Crippen LogP contribution in [0.15, 0.2) is 73.3 Å². The maximum absolute atomic E-state index is 12.8. The van der Waals surface area contributed by atoms with Crippen LogP contribution in [0.5, 0.6) is 0 Å². The standard InChI is InChI=1S/C23H27N3O4/c1-2-3-14-19(21(24)27)25-22(28)20(15-17-10-6-4-7-11-17)26-23(29)30-16-18-12-8-5-9-13-18/h2,4-13,19-20H,1,3,14-16H2,(H2,24,27)(H,25,28)(H,26,29)/t19-,20+/m1/s1. The summed E-state index contributed by atoms with van der Waals surface area (Å²) in [5.74, 6) is -1.15. The number of nitrogens with two attached hydrogens (primary N) is 1. The molecule has 0 fully saturated rings. The lowest BCUT2D eigenvalue weighted by Crippen LogP contribution is -2.53. The Balaban J connectivity index is 2.04. The summed E-state index contributed by atoms with van der Waals surface area (Å²) in [6, 6.07) is 16.7. The van der Waals surface area contributed by atoms with E-state index in [1.54, 1.807) is 6.08 Å². The first-order valence-corrected chi connectivity index (χ1v) is 9.71. The number of ether oxygens (including phenoxy) is 1. The van der Waals surface area contributed by atoms with Crippen LogP contribution in [0.1, 0.15) is 24.0 Å². The molecule has 30 heavy (non-hydrogen) atoms. The van der Waals surface area contributed by atoms with Gasteiger partial charge in [0.05, 0.1) is 0 Å². The largest absolute Gasteiger partial charge is 0.445 e. The van der Waals surface area contributed by atoms with E-state index in [1.165, 1.54) is 0 Å². The lowest BCUT2D eigenvalue weighted by Gasteiger charge is -2.22. The Bertz CT molecular complexity index is 840. The summed E-state index contributed by atoms with van der Waals surface area (Å²) in [5, 5.41) is 5.21. The molecule has 0 spiro atoms. The van der Waals surface area contributed by atoms with Gasteiger partial charge >= 0.3 is 6.09 Å². The summed E-state index contributed by atoms with van der Waals surface area (Å²) in [4.78, 5) is 36.8. The van der Waals surface area contributed by atoms with Crippen molar-refractivity contribution in [2.45, 2.75) is 38.0 Å². The molecule has 0 aliphatic heterocycles. The molecule has 0 unspecified atom stereocenters. The number of nitrogens with one attached hydrogen (secondary N) is 2. The molecule has 7 nitrogen and oxygen atoms in total. The summed E-state index contributed by atoms with van der Waals surface area (Å²) in [5.41, 5.74) is 7.07. The quantitative estimate of drug-likeness (QED) is 0.495. The van der Waals surface area contributed by atoms with Crippen LogP contribution in [0.4, 0.5) is 4.79 Å². The molecule has 0 aliphatic rings. The first kappa shape index (κ1) is 22.7. The second-order valence-corrected chi connectivity index (χ2v) is 6.78. The predicted molar refractivity (Wildman–Crippen MR) is 114 cm³/mol. The van der Waals surface area contributed by atoms with Crippen molar-refractivity contribution in [3.63, 3.8) is 0 Å². The van der Waals surface area contributed by atoms with Crippen LogP contribution < -0.4 is 16.4 Å². The Labute approximate surface area is 176 Å². The zero-order valence-electron chi connectivity index (χ0n) is 16.8. The number of primary amides is 1. The monoisotopic (exact) mass is 409 g/mol. The van der Waals surface area contributed by atoms with Gasteiger partial charge in [-0.25, -0.2) is 4.79 Å². The molecule has 0 heterocycles. The van der Waals surface area contributed by atoms with Crippen molar-refractivity contribution in [1.29, 1.82) is 0 Å². The smallest absolute Gasteiger partial charge is 0.408 e. The summed E-state index contributed by atoms with van der Waals surface area (Å²) in [6.45, 7) is 3.69. The van der Waals surface area contributed by atoms with E-state index in [4.69, 9.17) is 10.5 Å². The first-order chi connectivity index (χ1) is 14.5. The molecular weight excluding hydrogens is 382 g/mol. The highest BCUT2D eigenvalue weighted by Gasteiger charge is 2.26. The number of alkyl carbamates (subject to hydrolysis) is 1. The van der Waals surface area contributed by atoms with E-state index >= 15 is 0 Å². The molecule has 3 amide bonds. The minimum Gasteiger partial charge on any atom is -0.445 e. The molecule has 0 bridgehead atoms. The molecule has 0 aromatic heterocycles. The highest BCUT2D eigenvalue weighted by molar-refractivity contribution is 5.90. The topological polar surface area (TPSA) is 111 Å². The Morgan fingerprint density at radius 3 is 2.10 bits per heavy atom. The van der Waals surface area contributed by atoms with Crippen LogP contribution >= 0.6 is 0 Å². The van der Waals surface area contributed by atoms with Crippen molar-refractivity contribution in [2.75, 3.05) is 0 Å². The maximum atomic E-state index is 12.8. The molecule has 0 aliphatic carbocycles. The van der Waals surface area contributed by atoms with Gasteiger partial charge in [0.15, 0.2) is 0 Å². The summed E-state index contributed by atoms with van der Waals surface area (Å²) < 4.78 is 5.23. The normalized spacial score (nSPS) is 12.3. The lowest BCUT2D eigenvalue weighted by molar-refractivity contribution is -0.128. The van der Waals surface area contributed by atoms with Crippen LogP contribution in [-0.2, 0) is 27.4 Å². The molecule has 2 aromatic rings. The van der Waals surface area contributed by atoms with Gasteiger partial charge in [0.1, 0.15) is 18.7 Å². The van der Waals surface area contributed by atoms with Gasteiger partial charge in [0, 0.05) is 6.42 Å². The minimum absolute atomic E-state index is 0.0790. The van der Waals surface area contributed by atoms with Crippen LogP contribution in [0.2, 0.25) is 0 Å². The third kappa shape index (κ3) is 7.79. The average molecular weight is 409 g/mol. The molecule has 0 saturated heterocycles. The number of rotatable bonds is 11. The van der Waals surface area contributed by atoms with Crippen molar-refractivity contribution in [3.8, 4) is 0 Å². The van der Waals surface area contributed by atoms with Crippen LogP contribution in [-0.4, -0.2) is 30.0 Å². The van der Waals surface area contributed by atoms with Gasteiger partial charge < -0.3 is 21.1 Å². The molecule has 158 valence electrons. The van der Waals surface area contributed by atoms with E-state index in [0.717, 1.165) is 11.1 Å². The highest BCUT2D eigenvalue weighted by Crippen LogP contribution is 2.07. The SMILES string of the molecule is C=CCC[C@@H](NC(=O)[C@H](Cc1ccccc1)NC(=O)OCc1ccccc1)C(N)=O. The highest BCUT2D eigenvalue weighted by atomic mass is 16.5. The van der Waals surface area contributed by atoms with E-state index in [0.29, 0.717) is 12.8 Å². The molecule has 7 heteroatoms. The van der Waals surface area contributed by atoms with E-state index in [2.05, 4.69) is 17.2 Å². The minimum atomic E-state index is -0.929. The Morgan fingerprint density at radius 2 is 1.53 bits per heavy atom. The summed E-state index contributed by atoms with van der Waals surface area (Å²) in [6.07, 6.45) is 2.00. The Morgan fingerprint density at radius 1 is 0.933 bits per heavy atom. The van der Waals surface area contributed by atoms with Gasteiger partial charge in [-0.15, -0.1) is 6.58 Å². The molecular formula is C23H27N3O4. The van der Waals surface area contributed by atoms with Crippen molar-refractivity contribution in [3.05, 3.63) is 84.4 Å². The van der Waals surface area contributed by atoms with E-state index in [1.807, 2.05) is 60.7 Å². The second kappa shape index (κ2) is 12.1. The van der Waals surface area contributed by atoms with Gasteiger partial charge in [-0.1, -0.05) is 66.7 Å². The van der Waals surface area contributed by atoms with E-state index < -0.39 is 30.0 Å². The molecule has 4 N–H and O–H groups in total. The van der Waals surface area contributed by atoms with Gasteiger partial charge in [-0.2, -0.15) is 0 Å². The summed E-state index contributed by atoms with van der Waals surface area (Å²) >= 11 is 0. The molecule has 0 saturated carbocycles. The molecule has 2 rings (SSSR count). The fourth-order valence-electron chi connectivity index (χ4n) is 2.81. The second-order valence-electron chi connectivity index (χ2n) is 6.78. The summed E-state index contributed by atoms with van der Waals surface area (Å²) in [7, 11) is 0. The number of allylic oxidation sites excluding steroid dienone is 1. The third-order valence-corrected chi connectivity index (χ3v) is 4.42. The van der Waals surface area contributed by atoms with Crippen molar-refractivity contribution in [2.24, 2.45) is 5.73 Å². The van der Waals surface area contributed by atoms with Gasteiger partial charge in [-0.05, 0) is 24.0 Å². The Kier molecular flexibility index (Phi) is 9.12. The van der Waals surface area contributed by atoms with Gasteiger partial charge in [-0.3, -0.25) is 9.59 Å². The van der Waals surface area contributed by atoms with Crippen molar-refractivity contribution in [1.82, 2.24) is 10.6 Å². The zero-order chi connectivity index (χ0) is 21.8.